The number of nitrogens with zero attached hydrogens (tertiary/aromatic N) is 1. The van der Waals surface area contributed by atoms with Gasteiger partial charge in [-0.25, -0.2) is 13.4 Å². The Morgan fingerprint density at radius 3 is 2.15 bits per heavy atom. The van der Waals surface area contributed by atoms with Gasteiger partial charge >= 0.3 is 0 Å². The molecule has 0 unspecified atom stereocenters. The molecule has 3 aromatic rings. The molecule has 0 amide bonds. The highest BCUT2D eigenvalue weighted by molar-refractivity contribution is 7.92. The van der Waals surface area contributed by atoms with Crippen LogP contribution in [0.4, 0.5) is 17.2 Å². The molecule has 0 aliphatic carbocycles. The molecule has 0 fully saturated rings. The Bertz CT molecular complexity index is 1010. The van der Waals surface area contributed by atoms with Crippen molar-refractivity contribution in [2.75, 3.05) is 10.0 Å². The van der Waals surface area contributed by atoms with Crippen molar-refractivity contribution in [3.8, 4) is 0 Å². The molecule has 134 valence electrons. The van der Waals surface area contributed by atoms with Crippen LogP contribution in [0.3, 0.4) is 0 Å². The smallest absolute Gasteiger partial charge is 0.263 e. The molecular weight excluding hydrogens is 346 g/mol. The van der Waals surface area contributed by atoms with Gasteiger partial charge in [0.05, 0.1) is 16.8 Å². The fourth-order valence-corrected chi connectivity index (χ4v) is 4.05. The van der Waals surface area contributed by atoms with Crippen molar-refractivity contribution in [3.05, 3.63) is 77.5 Å². The summed E-state index contributed by atoms with van der Waals surface area (Å²) in [6.07, 6.45) is 1.60. The van der Waals surface area contributed by atoms with E-state index in [0.717, 1.165) is 11.4 Å². The Morgan fingerprint density at radius 2 is 1.54 bits per heavy atom. The molecule has 0 spiro atoms. The number of rotatable bonds is 5. The quantitative estimate of drug-likeness (QED) is 0.694. The zero-order valence-corrected chi connectivity index (χ0v) is 15.8. The second-order valence-corrected chi connectivity index (χ2v) is 7.96. The molecule has 1 aromatic heterocycles. The van der Waals surface area contributed by atoms with Crippen LogP contribution in [0.15, 0.2) is 65.7 Å². The molecule has 0 saturated carbocycles. The molecule has 2 aromatic carbocycles. The molecular formula is C20H21N3O2S. The maximum atomic E-state index is 12.5. The van der Waals surface area contributed by atoms with Crippen LogP contribution >= 0.6 is 0 Å². The summed E-state index contributed by atoms with van der Waals surface area (Å²) >= 11 is 0. The van der Waals surface area contributed by atoms with Gasteiger partial charge in [-0.3, -0.25) is 4.72 Å². The Balaban J connectivity index is 1.76. The van der Waals surface area contributed by atoms with Gasteiger partial charge in [0.15, 0.2) is 0 Å². The average Bonchev–Trinajstić information content (AvgIpc) is 2.56. The second-order valence-electron chi connectivity index (χ2n) is 6.30. The minimum absolute atomic E-state index is 0.249. The molecule has 3 rings (SSSR count). The molecule has 1 heterocycles. The number of anilines is 3. The summed E-state index contributed by atoms with van der Waals surface area (Å²) in [4.78, 5) is 4.46. The van der Waals surface area contributed by atoms with E-state index in [1.54, 1.807) is 49.5 Å². The molecule has 5 nitrogen and oxygen atoms in total. The molecule has 0 bridgehead atoms. The molecule has 0 saturated heterocycles. The first-order valence-electron chi connectivity index (χ1n) is 8.23. The SMILES string of the molecule is Cc1cc(C)cc(Nc2ccc(NS(=O)(=O)c3ccccc3C)nc2)c1. The summed E-state index contributed by atoms with van der Waals surface area (Å²) in [7, 11) is -3.66. The van der Waals surface area contributed by atoms with Crippen LogP contribution in [-0.2, 0) is 10.0 Å². The maximum Gasteiger partial charge on any atom is 0.263 e. The predicted octanol–water partition coefficient (Wildman–Crippen LogP) is 4.55. The van der Waals surface area contributed by atoms with E-state index in [9.17, 15) is 8.42 Å². The highest BCUT2D eigenvalue weighted by Gasteiger charge is 2.16. The van der Waals surface area contributed by atoms with Gasteiger partial charge in [-0.2, -0.15) is 0 Å². The average molecular weight is 367 g/mol. The third-order valence-corrected chi connectivity index (χ3v) is 5.41. The van der Waals surface area contributed by atoms with E-state index in [2.05, 4.69) is 21.1 Å². The lowest BCUT2D eigenvalue weighted by Gasteiger charge is -2.11. The number of pyridine rings is 1. The van der Waals surface area contributed by atoms with Crippen molar-refractivity contribution in [2.45, 2.75) is 25.7 Å². The number of sulfonamides is 1. The van der Waals surface area contributed by atoms with Gasteiger partial charge in [0, 0.05) is 5.69 Å². The van der Waals surface area contributed by atoms with E-state index in [-0.39, 0.29) is 10.7 Å². The lowest BCUT2D eigenvalue weighted by molar-refractivity contribution is 0.600. The number of hydrogen-bond acceptors (Lipinski definition) is 4. The van der Waals surface area contributed by atoms with Crippen molar-refractivity contribution in [2.24, 2.45) is 0 Å². The summed E-state index contributed by atoms with van der Waals surface area (Å²) in [5.74, 6) is 0.277. The van der Waals surface area contributed by atoms with Crippen LogP contribution in [0.5, 0.6) is 0 Å². The van der Waals surface area contributed by atoms with Gasteiger partial charge in [-0.05, 0) is 67.8 Å². The Hall–Kier alpha value is -2.86. The number of benzene rings is 2. The molecule has 0 radical (unpaired) electrons. The van der Waals surface area contributed by atoms with Crippen LogP contribution in [0.1, 0.15) is 16.7 Å². The highest BCUT2D eigenvalue weighted by atomic mass is 32.2. The molecule has 2 N–H and O–H groups in total. The van der Waals surface area contributed by atoms with Crippen molar-refractivity contribution in [1.82, 2.24) is 4.98 Å². The fraction of sp³-hybridized carbons (Fsp3) is 0.150. The lowest BCUT2D eigenvalue weighted by atomic mass is 10.1. The first kappa shape index (κ1) is 17.9. The van der Waals surface area contributed by atoms with Crippen LogP contribution in [0.2, 0.25) is 0 Å². The van der Waals surface area contributed by atoms with Crippen molar-refractivity contribution in [3.63, 3.8) is 0 Å². The van der Waals surface area contributed by atoms with E-state index >= 15 is 0 Å². The van der Waals surface area contributed by atoms with Gasteiger partial charge in [0.2, 0.25) is 0 Å². The van der Waals surface area contributed by atoms with E-state index in [1.807, 2.05) is 26.0 Å². The third-order valence-electron chi connectivity index (χ3n) is 3.90. The minimum Gasteiger partial charge on any atom is -0.354 e. The van der Waals surface area contributed by atoms with Crippen LogP contribution in [0, 0.1) is 20.8 Å². The number of aromatic nitrogens is 1. The molecule has 0 aliphatic rings. The summed E-state index contributed by atoms with van der Waals surface area (Å²) in [5, 5.41) is 3.28. The lowest BCUT2D eigenvalue weighted by Crippen LogP contribution is -2.15. The van der Waals surface area contributed by atoms with E-state index in [0.29, 0.717) is 5.56 Å². The van der Waals surface area contributed by atoms with E-state index in [4.69, 9.17) is 0 Å². The number of hydrogen-bond donors (Lipinski definition) is 2. The molecule has 26 heavy (non-hydrogen) atoms. The Morgan fingerprint density at radius 1 is 0.846 bits per heavy atom. The number of nitrogens with one attached hydrogen (secondary N) is 2. The number of aryl methyl sites for hydroxylation is 3. The van der Waals surface area contributed by atoms with Crippen LogP contribution in [0.25, 0.3) is 0 Å². The Labute approximate surface area is 154 Å². The maximum absolute atomic E-state index is 12.5. The zero-order chi connectivity index (χ0) is 18.7. The molecule has 6 heteroatoms. The monoisotopic (exact) mass is 367 g/mol. The standard InChI is InChI=1S/C20H21N3O2S/c1-14-10-15(2)12-18(11-14)22-17-8-9-20(21-13-17)23-26(24,25)19-7-5-4-6-16(19)3/h4-13,22H,1-3H3,(H,21,23). The fourth-order valence-electron chi connectivity index (χ4n) is 2.79. The van der Waals surface area contributed by atoms with Crippen molar-refractivity contribution >= 4 is 27.2 Å². The molecule has 0 aliphatic heterocycles. The van der Waals surface area contributed by atoms with Crippen molar-refractivity contribution in [1.29, 1.82) is 0 Å². The molecule has 0 atom stereocenters. The van der Waals surface area contributed by atoms with Gasteiger partial charge in [0.1, 0.15) is 5.82 Å². The minimum atomic E-state index is -3.66. The van der Waals surface area contributed by atoms with Crippen LogP contribution in [-0.4, -0.2) is 13.4 Å². The largest absolute Gasteiger partial charge is 0.354 e. The van der Waals surface area contributed by atoms with Gasteiger partial charge < -0.3 is 5.32 Å². The normalized spacial score (nSPS) is 11.2. The summed E-state index contributed by atoms with van der Waals surface area (Å²) in [6, 6.07) is 16.5. The highest BCUT2D eigenvalue weighted by Crippen LogP contribution is 2.22. The van der Waals surface area contributed by atoms with Gasteiger partial charge in [0.25, 0.3) is 10.0 Å². The summed E-state index contributed by atoms with van der Waals surface area (Å²) in [5.41, 5.74) is 4.78. The Kier molecular flexibility index (Phi) is 4.95. The zero-order valence-electron chi connectivity index (χ0n) is 14.9. The first-order chi connectivity index (χ1) is 12.3. The van der Waals surface area contributed by atoms with E-state index < -0.39 is 10.0 Å². The van der Waals surface area contributed by atoms with Crippen molar-refractivity contribution < 1.29 is 8.42 Å². The third kappa shape index (κ3) is 4.21. The first-order valence-corrected chi connectivity index (χ1v) is 9.72. The topological polar surface area (TPSA) is 71.1 Å². The van der Waals surface area contributed by atoms with E-state index in [1.165, 1.54) is 11.1 Å². The summed E-state index contributed by atoms with van der Waals surface area (Å²) in [6.45, 7) is 5.85. The second kappa shape index (κ2) is 7.17. The van der Waals surface area contributed by atoms with Gasteiger partial charge in [-0.1, -0.05) is 24.3 Å². The van der Waals surface area contributed by atoms with Gasteiger partial charge in [-0.15, -0.1) is 0 Å². The summed E-state index contributed by atoms with van der Waals surface area (Å²) < 4.78 is 27.5. The predicted molar refractivity (Wildman–Crippen MR) is 105 cm³/mol. The van der Waals surface area contributed by atoms with Crippen LogP contribution < -0.4 is 10.0 Å².